The molecule has 0 saturated carbocycles. The largest absolute Gasteiger partial charge is 0.379 e. The molecule has 1 amide bonds. The van der Waals surface area contributed by atoms with Crippen LogP contribution in [0, 0.1) is 5.92 Å². The van der Waals surface area contributed by atoms with E-state index in [1.807, 2.05) is 0 Å². The van der Waals surface area contributed by atoms with E-state index >= 15 is 0 Å². The Bertz CT molecular complexity index is 327. The first-order chi connectivity index (χ1) is 7.27. The predicted octanol–water partition coefficient (Wildman–Crippen LogP) is -1.34. The van der Waals surface area contributed by atoms with Gasteiger partial charge in [0, 0.05) is 6.04 Å². The van der Waals surface area contributed by atoms with Crippen LogP contribution in [0.5, 0.6) is 0 Å². The van der Waals surface area contributed by atoms with Crippen molar-refractivity contribution in [1.82, 2.24) is 15.5 Å². The molecule has 1 aromatic rings. The molecule has 1 aliphatic heterocycles. The van der Waals surface area contributed by atoms with E-state index in [9.17, 15) is 4.79 Å². The Balaban J connectivity index is 1.82. The summed E-state index contributed by atoms with van der Waals surface area (Å²) < 4.78 is 9.62. The Morgan fingerprint density at radius 3 is 3.13 bits per heavy atom. The molecule has 1 aliphatic rings. The smallest absolute Gasteiger partial charge is 0.227 e. The number of carbonyl (C=O) groups excluding carboxylic acids is 1. The molecular weight excluding hydrogens is 200 g/mol. The Hall–Kier alpha value is -1.47. The van der Waals surface area contributed by atoms with Gasteiger partial charge in [-0.05, 0) is 0 Å². The van der Waals surface area contributed by atoms with Gasteiger partial charge in [-0.1, -0.05) is 5.16 Å². The molecule has 82 valence electrons. The summed E-state index contributed by atoms with van der Waals surface area (Å²) in [5, 5.41) is 6.24. The van der Waals surface area contributed by atoms with Gasteiger partial charge in [0.2, 0.25) is 12.3 Å². The van der Waals surface area contributed by atoms with Gasteiger partial charge >= 0.3 is 0 Å². The summed E-state index contributed by atoms with van der Waals surface area (Å²) in [6, 6.07) is -0.227. The van der Waals surface area contributed by atoms with Crippen molar-refractivity contribution in [3.63, 3.8) is 0 Å². The van der Waals surface area contributed by atoms with Crippen molar-refractivity contribution < 1.29 is 14.1 Å². The summed E-state index contributed by atoms with van der Waals surface area (Å²) >= 11 is 0. The van der Waals surface area contributed by atoms with Gasteiger partial charge in [-0.15, -0.1) is 0 Å². The van der Waals surface area contributed by atoms with Gasteiger partial charge in [0.05, 0.1) is 25.7 Å². The number of ether oxygens (including phenoxy) is 1. The number of nitrogens with one attached hydrogen (secondary N) is 1. The highest BCUT2D eigenvalue weighted by Crippen LogP contribution is 2.11. The number of rotatable bonds is 3. The fraction of sp³-hybridized carbons (Fsp3) is 0.625. The number of carbonyl (C=O) groups is 1. The lowest BCUT2D eigenvalue weighted by atomic mass is 10.0. The molecule has 2 rings (SSSR count). The fourth-order valence-corrected chi connectivity index (χ4v) is 1.41. The van der Waals surface area contributed by atoms with Crippen LogP contribution in [0.2, 0.25) is 0 Å². The van der Waals surface area contributed by atoms with Gasteiger partial charge < -0.3 is 20.3 Å². The number of aromatic nitrogens is 2. The molecule has 2 unspecified atom stereocenters. The van der Waals surface area contributed by atoms with E-state index < -0.39 is 0 Å². The van der Waals surface area contributed by atoms with Gasteiger partial charge in [0.1, 0.15) is 0 Å². The summed E-state index contributed by atoms with van der Waals surface area (Å²) in [7, 11) is 0. The van der Waals surface area contributed by atoms with Gasteiger partial charge in [0.25, 0.3) is 0 Å². The summed E-state index contributed by atoms with van der Waals surface area (Å²) in [5.41, 5.74) is 5.69. The molecule has 2 heterocycles. The molecule has 1 fully saturated rings. The van der Waals surface area contributed by atoms with Crippen LogP contribution in [-0.2, 0) is 16.1 Å². The first-order valence-corrected chi connectivity index (χ1v) is 4.63. The first kappa shape index (κ1) is 10.1. The predicted molar refractivity (Wildman–Crippen MR) is 48.4 cm³/mol. The highest BCUT2D eigenvalue weighted by molar-refractivity contribution is 5.79. The molecule has 0 radical (unpaired) electrons. The standard InChI is InChI=1S/C8H12N4O3/c9-6-3-14-2-5(6)8(13)10-1-7-11-4-15-12-7/h4-6H,1-3,9H2,(H,10,13). The average Bonchev–Trinajstić information content (AvgIpc) is 2.84. The zero-order chi connectivity index (χ0) is 10.7. The van der Waals surface area contributed by atoms with Gasteiger partial charge in [-0.2, -0.15) is 4.98 Å². The molecule has 0 bridgehead atoms. The second kappa shape index (κ2) is 4.37. The molecule has 2 atom stereocenters. The van der Waals surface area contributed by atoms with Crippen molar-refractivity contribution in [3.8, 4) is 0 Å². The van der Waals surface area contributed by atoms with E-state index in [2.05, 4.69) is 20.0 Å². The summed E-state index contributed by atoms with van der Waals surface area (Å²) in [6.45, 7) is 1.05. The maximum Gasteiger partial charge on any atom is 0.227 e. The van der Waals surface area contributed by atoms with E-state index in [0.29, 0.717) is 19.0 Å². The third-order valence-corrected chi connectivity index (χ3v) is 2.29. The Kier molecular flexibility index (Phi) is 2.93. The summed E-state index contributed by atoms with van der Waals surface area (Å²) in [6.07, 6.45) is 1.21. The molecule has 0 aliphatic carbocycles. The number of hydrogen-bond donors (Lipinski definition) is 2. The van der Waals surface area contributed by atoms with Crippen LogP contribution >= 0.6 is 0 Å². The summed E-state index contributed by atoms with van der Waals surface area (Å²) in [4.78, 5) is 15.4. The van der Waals surface area contributed by atoms with Crippen LogP contribution in [-0.4, -0.2) is 35.3 Å². The zero-order valence-corrected chi connectivity index (χ0v) is 8.05. The number of nitrogens with two attached hydrogens (primary N) is 1. The van der Waals surface area contributed by atoms with Crippen LogP contribution in [0.3, 0.4) is 0 Å². The molecule has 7 nitrogen and oxygen atoms in total. The molecule has 1 saturated heterocycles. The molecule has 7 heteroatoms. The van der Waals surface area contributed by atoms with E-state index in [4.69, 9.17) is 10.5 Å². The summed E-state index contributed by atoms with van der Waals surface area (Å²) in [5.74, 6) is 0.0255. The second-order valence-corrected chi connectivity index (χ2v) is 3.37. The van der Waals surface area contributed by atoms with Crippen LogP contribution in [0.4, 0.5) is 0 Å². The first-order valence-electron chi connectivity index (χ1n) is 4.63. The minimum Gasteiger partial charge on any atom is -0.379 e. The molecular formula is C8H12N4O3. The van der Waals surface area contributed by atoms with Gasteiger partial charge in [-0.25, -0.2) is 0 Å². The van der Waals surface area contributed by atoms with E-state index in [1.165, 1.54) is 6.39 Å². The van der Waals surface area contributed by atoms with Crippen molar-refractivity contribution >= 4 is 5.91 Å². The van der Waals surface area contributed by atoms with Crippen molar-refractivity contribution in [1.29, 1.82) is 0 Å². The van der Waals surface area contributed by atoms with Crippen molar-refractivity contribution in [2.24, 2.45) is 11.7 Å². The molecule has 3 N–H and O–H groups in total. The van der Waals surface area contributed by atoms with E-state index in [1.54, 1.807) is 0 Å². The van der Waals surface area contributed by atoms with Gasteiger partial charge in [0.15, 0.2) is 5.82 Å². The lowest BCUT2D eigenvalue weighted by Crippen LogP contribution is -2.40. The number of nitrogens with zero attached hydrogens (tertiary/aromatic N) is 2. The van der Waals surface area contributed by atoms with E-state index in [-0.39, 0.29) is 24.4 Å². The van der Waals surface area contributed by atoms with Gasteiger partial charge in [-0.3, -0.25) is 4.79 Å². The average molecular weight is 212 g/mol. The monoisotopic (exact) mass is 212 g/mol. The topological polar surface area (TPSA) is 103 Å². The number of hydrogen-bond acceptors (Lipinski definition) is 6. The maximum atomic E-state index is 11.6. The normalized spacial score (nSPS) is 25.4. The highest BCUT2D eigenvalue weighted by atomic mass is 16.5. The van der Waals surface area contributed by atoms with Crippen molar-refractivity contribution in [2.75, 3.05) is 13.2 Å². The van der Waals surface area contributed by atoms with Crippen LogP contribution in [0.15, 0.2) is 10.9 Å². The van der Waals surface area contributed by atoms with E-state index in [0.717, 1.165) is 0 Å². The van der Waals surface area contributed by atoms with Crippen LogP contribution < -0.4 is 11.1 Å². The quantitative estimate of drug-likeness (QED) is 0.642. The minimum absolute atomic E-state index is 0.134. The Labute approximate surface area is 86.0 Å². The Morgan fingerprint density at radius 1 is 1.67 bits per heavy atom. The number of amides is 1. The lowest BCUT2D eigenvalue weighted by Gasteiger charge is -2.11. The molecule has 0 spiro atoms. The lowest BCUT2D eigenvalue weighted by molar-refractivity contribution is -0.125. The third-order valence-electron chi connectivity index (χ3n) is 2.29. The molecule has 1 aromatic heterocycles. The van der Waals surface area contributed by atoms with Crippen molar-refractivity contribution in [2.45, 2.75) is 12.6 Å². The maximum absolute atomic E-state index is 11.6. The minimum atomic E-state index is -0.281. The highest BCUT2D eigenvalue weighted by Gasteiger charge is 2.31. The molecule has 15 heavy (non-hydrogen) atoms. The Morgan fingerprint density at radius 2 is 2.53 bits per heavy atom. The van der Waals surface area contributed by atoms with Crippen LogP contribution in [0.25, 0.3) is 0 Å². The fourth-order valence-electron chi connectivity index (χ4n) is 1.41. The zero-order valence-electron chi connectivity index (χ0n) is 8.05. The molecule has 0 aromatic carbocycles. The van der Waals surface area contributed by atoms with Crippen molar-refractivity contribution in [3.05, 3.63) is 12.2 Å². The SMILES string of the molecule is NC1COCC1C(=O)NCc1ncon1. The third kappa shape index (κ3) is 2.31. The van der Waals surface area contributed by atoms with Crippen LogP contribution in [0.1, 0.15) is 5.82 Å². The second-order valence-electron chi connectivity index (χ2n) is 3.37.